The second-order valence-corrected chi connectivity index (χ2v) is 6.15. The Morgan fingerprint density at radius 1 is 1.23 bits per heavy atom. The van der Waals surface area contributed by atoms with Crippen molar-refractivity contribution in [2.24, 2.45) is 0 Å². The Morgan fingerprint density at radius 2 is 2.05 bits per heavy atom. The van der Waals surface area contributed by atoms with Crippen LogP contribution in [0, 0.1) is 13.8 Å². The molecule has 112 valence electrons. The predicted molar refractivity (Wildman–Crippen MR) is 85.6 cm³/mol. The molecule has 2 heterocycles. The van der Waals surface area contributed by atoms with Crippen molar-refractivity contribution in [1.29, 1.82) is 0 Å². The molecule has 0 unspecified atom stereocenters. The van der Waals surface area contributed by atoms with Crippen molar-refractivity contribution in [2.45, 2.75) is 39.5 Å². The SMILES string of the molecule is Cc1cc(C)c2c(c1)NC(=O)C2=Cc1nc2c(o1)CCCC2. The molecule has 1 aliphatic carbocycles. The van der Waals surface area contributed by atoms with Crippen LogP contribution in [0.4, 0.5) is 5.69 Å². The molecule has 1 amide bonds. The zero-order chi connectivity index (χ0) is 15.3. The second kappa shape index (κ2) is 4.83. The maximum Gasteiger partial charge on any atom is 0.256 e. The Bertz CT molecular complexity index is 791. The molecule has 0 saturated carbocycles. The minimum Gasteiger partial charge on any atom is -0.441 e. The maximum absolute atomic E-state index is 12.3. The molecular formula is C18H18N2O2. The van der Waals surface area contributed by atoms with E-state index in [1.807, 2.05) is 19.9 Å². The van der Waals surface area contributed by atoms with Crippen molar-refractivity contribution in [1.82, 2.24) is 4.98 Å². The van der Waals surface area contributed by atoms with E-state index in [2.05, 4.69) is 16.4 Å². The van der Waals surface area contributed by atoms with Crippen LogP contribution in [0.3, 0.4) is 0 Å². The van der Waals surface area contributed by atoms with Crippen molar-refractivity contribution >= 4 is 23.2 Å². The van der Waals surface area contributed by atoms with Gasteiger partial charge in [0.15, 0.2) is 0 Å². The van der Waals surface area contributed by atoms with E-state index in [0.717, 1.165) is 59.5 Å². The molecule has 0 fully saturated rings. The molecule has 4 heteroatoms. The van der Waals surface area contributed by atoms with Crippen LogP contribution in [0.1, 0.15) is 46.9 Å². The lowest BCUT2D eigenvalue weighted by Crippen LogP contribution is -2.03. The monoisotopic (exact) mass is 294 g/mol. The summed E-state index contributed by atoms with van der Waals surface area (Å²) in [6, 6.07) is 4.09. The van der Waals surface area contributed by atoms with Crippen molar-refractivity contribution in [3.8, 4) is 0 Å². The number of amides is 1. The van der Waals surface area contributed by atoms with Gasteiger partial charge in [0.1, 0.15) is 5.76 Å². The Hall–Kier alpha value is -2.36. The number of anilines is 1. The standard InChI is InChI=1S/C18H18N2O2/c1-10-7-11(2)17-12(18(21)20-14(17)8-10)9-16-19-13-5-3-4-6-15(13)22-16/h7-9H,3-6H2,1-2H3,(H,20,21). The number of carbonyl (C=O) groups is 1. The molecular weight excluding hydrogens is 276 g/mol. The topological polar surface area (TPSA) is 55.1 Å². The average Bonchev–Trinajstić information content (AvgIpc) is 3.00. The first-order valence-corrected chi connectivity index (χ1v) is 7.75. The molecule has 0 saturated heterocycles. The molecule has 0 bridgehead atoms. The average molecular weight is 294 g/mol. The van der Waals surface area contributed by atoms with Gasteiger partial charge in [-0.15, -0.1) is 0 Å². The van der Waals surface area contributed by atoms with Gasteiger partial charge in [0.05, 0.1) is 11.3 Å². The van der Waals surface area contributed by atoms with Gasteiger partial charge in [-0.25, -0.2) is 4.98 Å². The molecule has 2 aromatic rings. The number of nitrogens with zero attached hydrogens (tertiary/aromatic N) is 1. The third-order valence-electron chi connectivity index (χ3n) is 4.37. The van der Waals surface area contributed by atoms with Gasteiger partial charge in [-0.2, -0.15) is 0 Å². The number of aryl methyl sites for hydroxylation is 4. The van der Waals surface area contributed by atoms with Gasteiger partial charge in [-0.1, -0.05) is 6.07 Å². The number of oxazole rings is 1. The highest BCUT2D eigenvalue weighted by molar-refractivity contribution is 6.35. The third-order valence-corrected chi connectivity index (χ3v) is 4.37. The first kappa shape index (κ1) is 13.3. The number of fused-ring (bicyclic) bond motifs is 2. The number of nitrogens with one attached hydrogen (secondary N) is 1. The lowest BCUT2D eigenvalue weighted by molar-refractivity contribution is -0.110. The van der Waals surface area contributed by atoms with E-state index in [4.69, 9.17) is 4.42 Å². The molecule has 0 spiro atoms. The number of benzene rings is 1. The molecule has 1 N–H and O–H groups in total. The van der Waals surface area contributed by atoms with Gasteiger partial charge in [0, 0.05) is 23.7 Å². The van der Waals surface area contributed by atoms with Crippen molar-refractivity contribution in [3.63, 3.8) is 0 Å². The number of hydrogen-bond acceptors (Lipinski definition) is 3. The minimum atomic E-state index is -0.0835. The lowest BCUT2D eigenvalue weighted by Gasteiger charge is -2.05. The summed E-state index contributed by atoms with van der Waals surface area (Å²) in [6.07, 6.45) is 6.02. The Kier molecular flexibility index (Phi) is 2.93. The molecule has 4 nitrogen and oxygen atoms in total. The molecule has 1 aromatic carbocycles. The quantitative estimate of drug-likeness (QED) is 0.817. The number of rotatable bonds is 1. The van der Waals surface area contributed by atoms with Crippen LogP contribution in [-0.2, 0) is 17.6 Å². The van der Waals surface area contributed by atoms with Crippen molar-refractivity contribution in [3.05, 3.63) is 46.2 Å². The van der Waals surface area contributed by atoms with Gasteiger partial charge in [0.2, 0.25) is 5.89 Å². The summed E-state index contributed by atoms with van der Waals surface area (Å²) in [6.45, 7) is 4.06. The van der Waals surface area contributed by atoms with Gasteiger partial charge in [-0.05, 0) is 50.3 Å². The summed E-state index contributed by atoms with van der Waals surface area (Å²) in [7, 11) is 0. The largest absolute Gasteiger partial charge is 0.441 e. The number of aromatic nitrogens is 1. The third kappa shape index (κ3) is 2.06. The van der Waals surface area contributed by atoms with E-state index in [1.165, 1.54) is 0 Å². The first-order chi connectivity index (χ1) is 10.6. The van der Waals surface area contributed by atoms with Crippen molar-refractivity contribution in [2.75, 3.05) is 5.32 Å². The normalized spacial score (nSPS) is 18.3. The van der Waals surface area contributed by atoms with Crippen LogP contribution in [0.25, 0.3) is 11.6 Å². The van der Waals surface area contributed by atoms with E-state index in [1.54, 1.807) is 6.08 Å². The molecule has 1 aromatic heterocycles. The van der Waals surface area contributed by atoms with Gasteiger partial charge < -0.3 is 9.73 Å². The van der Waals surface area contributed by atoms with Gasteiger partial charge in [-0.3, -0.25) is 4.79 Å². The highest BCUT2D eigenvalue weighted by Crippen LogP contribution is 2.36. The zero-order valence-electron chi connectivity index (χ0n) is 12.8. The molecule has 2 aliphatic rings. The van der Waals surface area contributed by atoms with Crippen LogP contribution in [-0.4, -0.2) is 10.9 Å². The summed E-state index contributed by atoms with van der Waals surface area (Å²) >= 11 is 0. The fraction of sp³-hybridized carbons (Fsp3) is 0.333. The van der Waals surface area contributed by atoms with E-state index in [0.29, 0.717) is 11.5 Å². The lowest BCUT2D eigenvalue weighted by atomic mass is 9.99. The Balaban J connectivity index is 1.80. The number of hydrogen-bond donors (Lipinski definition) is 1. The summed E-state index contributed by atoms with van der Waals surface area (Å²) in [5.74, 6) is 1.45. The van der Waals surface area contributed by atoms with Gasteiger partial charge >= 0.3 is 0 Å². The van der Waals surface area contributed by atoms with Crippen LogP contribution in [0.15, 0.2) is 16.5 Å². The Labute approximate surface area is 129 Å². The predicted octanol–water partition coefficient (Wildman–Crippen LogP) is 3.66. The molecule has 0 atom stereocenters. The van der Waals surface area contributed by atoms with E-state index >= 15 is 0 Å². The van der Waals surface area contributed by atoms with Crippen LogP contribution < -0.4 is 5.32 Å². The second-order valence-electron chi connectivity index (χ2n) is 6.15. The Morgan fingerprint density at radius 3 is 2.86 bits per heavy atom. The fourth-order valence-electron chi connectivity index (χ4n) is 3.42. The minimum absolute atomic E-state index is 0.0835. The van der Waals surface area contributed by atoms with Crippen LogP contribution >= 0.6 is 0 Å². The summed E-state index contributed by atoms with van der Waals surface area (Å²) < 4.78 is 5.83. The first-order valence-electron chi connectivity index (χ1n) is 7.75. The van der Waals surface area contributed by atoms with E-state index < -0.39 is 0 Å². The van der Waals surface area contributed by atoms with Crippen LogP contribution in [0.2, 0.25) is 0 Å². The zero-order valence-corrected chi connectivity index (χ0v) is 12.8. The number of carbonyl (C=O) groups excluding carboxylic acids is 1. The van der Waals surface area contributed by atoms with Gasteiger partial charge in [0.25, 0.3) is 5.91 Å². The summed E-state index contributed by atoms with van der Waals surface area (Å²) in [5, 5.41) is 2.93. The van der Waals surface area contributed by atoms with Crippen molar-refractivity contribution < 1.29 is 9.21 Å². The highest BCUT2D eigenvalue weighted by atomic mass is 16.4. The van der Waals surface area contributed by atoms with E-state index in [-0.39, 0.29) is 5.91 Å². The maximum atomic E-state index is 12.3. The van der Waals surface area contributed by atoms with Crippen LogP contribution in [0.5, 0.6) is 0 Å². The highest BCUT2D eigenvalue weighted by Gasteiger charge is 2.27. The smallest absolute Gasteiger partial charge is 0.256 e. The summed E-state index contributed by atoms with van der Waals surface area (Å²) in [4.78, 5) is 16.8. The molecule has 1 aliphatic heterocycles. The van der Waals surface area contributed by atoms with E-state index in [9.17, 15) is 4.79 Å². The summed E-state index contributed by atoms with van der Waals surface area (Å²) in [5.41, 5.74) is 5.78. The molecule has 4 rings (SSSR count). The molecule has 22 heavy (non-hydrogen) atoms. The fourth-order valence-corrected chi connectivity index (χ4v) is 3.42. The molecule has 0 radical (unpaired) electrons.